The molecule has 2 aromatic heterocycles. The van der Waals surface area contributed by atoms with E-state index >= 15 is 0 Å². The van der Waals surface area contributed by atoms with Gasteiger partial charge in [-0.05, 0) is 6.92 Å². The Kier molecular flexibility index (Phi) is 4.24. The molecule has 0 saturated heterocycles. The van der Waals surface area contributed by atoms with Crippen LogP contribution in [0.15, 0.2) is 12.4 Å². The van der Waals surface area contributed by atoms with Crippen LogP contribution in [-0.2, 0) is 6.54 Å². The number of aromatic nitrogens is 4. The van der Waals surface area contributed by atoms with Gasteiger partial charge >= 0.3 is 0 Å². The lowest BCUT2D eigenvalue weighted by molar-refractivity contribution is 0.367. The van der Waals surface area contributed by atoms with E-state index in [2.05, 4.69) is 20.4 Å². The number of nitrogens with two attached hydrogens (primary N) is 1. The number of hydrogen-bond donors (Lipinski definition) is 2. The molecular weight excluding hydrogens is 260 g/mol. The van der Waals surface area contributed by atoms with Crippen LogP contribution in [0.25, 0.3) is 0 Å². The summed E-state index contributed by atoms with van der Waals surface area (Å²) in [5.41, 5.74) is 7.00. The highest BCUT2D eigenvalue weighted by Crippen LogP contribution is 2.24. The lowest BCUT2D eigenvalue weighted by Gasteiger charge is -2.11. The molecule has 8 nitrogen and oxygen atoms in total. The summed E-state index contributed by atoms with van der Waals surface area (Å²) in [6, 6.07) is 0. The SMILES string of the molecule is COc1nc(NCCn2cc(N)cn2)nc(OC)c1C. The van der Waals surface area contributed by atoms with Crippen LogP contribution in [0.3, 0.4) is 0 Å². The minimum atomic E-state index is 0.449. The van der Waals surface area contributed by atoms with Crippen LogP contribution in [0, 0.1) is 6.92 Å². The van der Waals surface area contributed by atoms with E-state index in [-0.39, 0.29) is 0 Å². The third kappa shape index (κ3) is 3.08. The number of nitrogens with zero attached hydrogens (tertiary/aromatic N) is 4. The van der Waals surface area contributed by atoms with Crippen LogP contribution >= 0.6 is 0 Å². The molecule has 0 radical (unpaired) electrons. The van der Waals surface area contributed by atoms with Crippen molar-refractivity contribution < 1.29 is 9.47 Å². The van der Waals surface area contributed by atoms with Crippen molar-refractivity contribution in [3.8, 4) is 11.8 Å². The lowest BCUT2D eigenvalue weighted by Crippen LogP contribution is -2.13. The van der Waals surface area contributed by atoms with Crippen molar-refractivity contribution in [2.75, 3.05) is 31.8 Å². The highest BCUT2D eigenvalue weighted by Gasteiger charge is 2.11. The van der Waals surface area contributed by atoms with Crippen molar-refractivity contribution in [2.24, 2.45) is 0 Å². The van der Waals surface area contributed by atoms with E-state index < -0.39 is 0 Å². The number of anilines is 2. The van der Waals surface area contributed by atoms with E-state index in [4.69, 9.17) is 15.2 Å². The quantitative estimate of drug-likeness (QED) is 0.801. The first-order valence-electron chi connectivity index (χ1n) is 6.12. The molecule has 0 atom stereocenters. The minimum absolute atomic E-state index is 0.449. The zero-order chi connectivity index (χ0) is 14.5. The van der Waals surface area contributed by atoms with Gasteiger partial charge in [0.25, 0.3) is 0 Å². The van der Waals surface area contributed by atoms with E-state index in [1.165, 1.54) is 0 Å². The van der Waals surface area contributed by atoms with Crippen molar-refractivity contribution in [2.45, 2.75) is 13.5 Å². The van der Waals surface area contributed by atoms with Crippen LogP contribution in [-0.4, -0.2) is 40.5 Å². The smallest absolute Gasteiger partial charge is 0.229 e. The Morgan fingerprint density at radius 1 is 1.25 bits per heavy atom. The zero-order valence-electron chi connectivity index (χ0n) is 11.8. The maximum atomic E-state index is 5.59. The molecule has 0 unspecified atom stereocenters. The molecule has 0 amide bonds. The van der Waals surface area contributed by atoms with Crippen LogP contribution in [0.1, 0.15) is 5.56 Å². The Bertz CT molecular complexity index is 558. The van der Waals surface area contributed by atoms with E-state index in [1.807, 2.05) is 6.92 Å². The Morgan fingerprint density at radius 2 is 1.90 bits per heavy atom. The highest BCUT2D eigenvalue weighted by molar-refractivity contribution is 5.41. The molecule has 0 aliphatic carbocycles. The number of nitrogen functional groups attached to an aromatic ring is 1. The predicted molar refractivity (Wildman–Crippen MR) is 75.0 cm³/mol. The average molecular weight is 278 g/mol. The van der Waals surface area contributed by atoms with E-state index in [1.54, 1.807) is 31.3 Å². The fraction of sp³-hybridized carbons (Fsp3) is 0.417. The summed E-state index contributed by atoms with van der Waals surface area (Å²) in [5, 5.41) is 7.19. The molecule has 0 aromatic carbocycles. The zero-order valence-corrected chi connectivity index (χ0v) is 11.8. The van der Waals surface area contributed by atoms with Crippen molar-refractivity contribution in [1.29, 1.82) is 0 Å². The van der Waals surface area contributed by atoms with Crippen LogP contribution in [0.2, 0.25) is 0 Å². The summed E-state index contributed by atoms with van der Waals surface area (Å²) in [4.78, 5) is 8.51. The largest absolute Gasteiger partial charge is 0.481 e. The second-order valence-electron chi connectivity index (χ2n) is 4.15. The second-order valence-corrected chi connectivity index (χ2v) is 4.15. The van der Waals surface area contributed by atoms with Crippen molar-refractivity contribution in [3.63, 3.8) is 0 Å². The molecule has 2 aromatic rings. The number of nitrogens with one attached hydrogen (secondary N) is 1. The standard InChI is InChI=1S/C12H18N6O2/c1-8-10(19-2)16-12(17-11(8)20-3)14-4-5-18-7-9(13)6-15-18/h6-7H,4-5,13H2,1-3H3,(H,14,16,17). The van der Waals surface area contributed by atoms with Gasteiger partial charge in [-0.1, -0.05) is 0 Å². The lowest BCUT2D eigenvalue weighted by atomic mass is 10.3. The van der Waals surface area contributed by atoms with Gasteiger partial charge < -0.3 is 20.5 Å². The number of rotatable bonds is 6. The second kappa shape index (κ2) is 6.09. The minimum Gasteiger partial charge on any atom is -0.481 e. The summed E-state index contributed by atoms with van der Waals surface area (Å²) in [6.07, 6.45) is 3.37. The van der Waals surface area contributed by atoms with Gasteiger partial charge in [0.05, 0.1) is 38.2 Å². The van der Waals surface area contributed by atoms with Crippen LogP contribution in [0.4, 0.5) is 11.6 Å². The summed E-state index contributed by atoms with van der Waals surface area (Å²) in [7, 11) is 3.12. The van der Waals surface area contributed by atoms with Gasteiger partial charge in [-0.2, -0.15) is 15.1 Å². The van der Waals surface area contributed by atoms with Gasteiger partial charge in [0, 0.05) is 12.7 Å². The average Bonchev–Trinajstić information content (AvgIpc) is 2.86. The molecule has 108 valence electrons. The van der Waals surface area contributed by atoms with E-state index in [9.17, 15) is 0 Å². The normalized spacial score (nSPS) is 10.3. The fourth-order valence-electron chi connectivity index (χ4n) is 1.74. The van der Waals surface area contributed by atoms with Crippen molar-refractivity contribution in [1.82, 2.24) is 19.7 Å². The molecule has 2 heterocycles. The third-order valence-electron chi connectivity index (χ3n) is 2.72. The molecule has 0 aliphatic rings. The first-order valence-corrected chi connectivity index (χ1v) is 6.12. The molecule has 20 heavy (non-hydrogen) atoms. The van der Waals surface area contributed by atoms with Gasteiger partial charge in [0.1, 0.15) is 0 Å². The molecule has 2 rings (SSSR count). The summed E-state index contributed by atoms with van der Waals surface area (Å²) in [6.45, 7) is 3.10. The van der Waals surface area contributed by atoms with Crippen molar-refractivity contribution in [3.05, 3.63) is 18.0 Å². The topological polar surface area (TPSA) is 100 Å². The molecule has 3 N–H and O–H groups in total. The summed E-state index contributed by atoms with van der Waals surface area (Å²) in [5.74, 6) is 1.43. The van der Waals surface area contributed by atoms with Gasteiger partial charge in [-0.3, -0.25) is 4.68 Å². The summed E-state index contributed by atoms with van der Waals surface area (Å²) < 4.78 is 12.1. The molecule has 0 spiro atoms. The molecule has 0 aliphatic heterocycles. The predicted octanol–water partition coefficient (Wildman–Crippen LogP) is 0.693. The van der Waals surface area contributed by atoms with Gasteiger partial charge in [0.15, 0.2) is 0 Å². The maximum Gasteiger partial charge on any atom is 0.229 e. The Labute approximate surface area is 116 Å². The number of methoxy groups -OCH3 is 2. The maximum absolute atomic E-state index is 5.59. The highest BCUT2D eigenvalue weighted by atomic mass is 16.5. The van der Waals surface area contributed by atoms with E-state index in [0.717, 1.165) is 5.56 Å². The monoisotopic (exact) mass is 278 g/mol. The van der Waals surface area contributed by atoms with Crippen LogP contribution < -0.4 is 20.5 Å². The molecular formula is C12H18N6O2. The van der Waals surface area contributed by atoms with Crippen LogP contribution in [0.5, 0.6) is 11.8 Å². The van der Waals surface area contributed by atoms with Gasteiger partial charge in [-0.25, -0.2) is 0 Å². The Hall–Kier alpha value is -2.51. The third-order valence-corrected chi connectivity index (χ3v) is 2.72. The van der Waals surface area contributed by atoms with Gasteiger partial charge in [0.2, 0.25) is 17.7 Å². The van der Waals surface area contributed by atoms with E-state index in [0.29, 0.717) is 36.5 Å². The summed E-state index contributed by atoms with van der Waals surface area (Å²) >= 11 is 0. The molecule has 0 saturated carbocycles. The molecule has 0 fully saturated rings. The number of ether oxygens (including phenoxy) is 2. The fourth-order valence-corrected chi connectivity index (χ4v) is 1.74. The van der Waals surface area contributed by atoms with Crippen molar-refractivity contribution >= 4 is 11.6 Å². The Morgan fingerprint density at radius 3 is 2.40 bits per heavy atom. The number of hydrogen-bond acceptors (Lipinski definition) is 7. The first kappa shape index (κ1) is 13.9. The Balaban J connectivity index is 2.02. The molecule has 0 bridgehead atoms. The molecule has 8 heteroatoms. The van der Waals surface area contributed by atoms with Gasteiger partial charge in [-0.15, -0.1) is 0 Å². The first-order chi connectivity index (χ1) is 9.63.